The molecule has 0 aromatic heterocycles. The van der Waals surface area contributed by atoms with Crippen molar-refractivity contribution in [3.63, 3.8) is 0 Å². The summed E-state index contributed by atoms with van der Waals surface area (Å²) in [6.45, 7) is 5.49. The van der Waals surface area contributed by atoms with Crippen LogP contribution in [-0.4, -0.2) is 17.2 Å². The lowest BCUT2D eigenvalue weighted by Gasteiger charge is -2.15. The van der Waals surface area contributed by atoms with Crippen molar-refractivity contribution in [1.29, 1.82) is 0 Å². The van der Waals surface area contributed by atoms with Crippen molar-refractivity contribution in [2.45, 2.75) is 31.7 Å². The van der Waals surface area contributed by atoms with Gasteiger partial charge in [-0.05, 0) is 50.8 Å². The molecule has 5 nitrogen and oxygen atoms in total. The topological polar surface area (TPSA) is 67.8 Å². The van der Waals surface area contributed by atoms with Crippen LogP contribution in [0.3, 0.4) is 0 Å². The monoisotopic (exact) mass is 291 g/mol. The van der Waals surface area contributed by atoms with E-state index in [-0.39, 0.29) is 6.04 Å². The summed E-state index contributed by atoms with van der Waals surface area (Å²) < 4.78 is 21.2. The van der Waals surface area contributed by atoms with Gasteiger partial charge in [-0.3, -0.25) is 4.89 Å². The van der Waals surface area contributed by atoms with Crippen LogP contribution in [0.4, 0.5) is 0 Å². The Hall–Kier alpha value is -0.520. The molecule has 0 spiro atoms. The van der Waals surface area contributed by atoms with Gasteiger partial charge in [-0.15, -0.1) is 11.8 Å². The van der Waals surface area contributed by atoms with E-state index in [2.05, 4.69) is 10.1 Å². The zero-order valence-corrected chi connectivity index (χ0v) is 12.5. The summed E-state index contributed by atoms with van der Waals surface area (Å²) in [7, 11) is -4.13. The average Bonchev–Trinajstić information content (AvgIpc) is 2.26. The van der Waals surface area contributed by atoms with Crippen LogP contribution in [0, 0.1) is 6.92 Å². The van der Waals surface area contributed by atoms with E-state index in [0.29, 0.717) is 5.75 Å². The van der Waals surface area contributed by atoms with Crippen LogP contribution in [0.15, 0.2) is 23.1 Å². The zero-order valence-electron chi connectivity index (χ0n) is 10.8. The molecular weight excluding hydrogens is 273 g/mol. The molecular formula is C11H18NO4PS. The quantitative estimate of drug-likeness (QED) is 0.477. The molecule has 18 heavy (non-hydrogen) atoms. The minimum absolute atomic E-state index is 0.0744. The third kappa shape index (κ3) is 5.00. The minimum Gasteiger partial charge on any atom is -0.403 e. The molecule has 0 bridgehead atoms. The summed E-state index contributed by atoms with van der Waals surface area (Å²) in [6, 6.07) is 5.11. The van der Waals surface area contributed by atoms with Crippen molar-refractivity contribution in [2.24, 2.45) is 0 Å². The third-order valence-electron chi connectivity index (χ3n) is 1.99. The van der Waals surface area contributed by atoms with Crippen molar-refractivity contribution >= 4 is 19.6 Å². The first kappa shape index (κ1) is 15.5. The fourth-order valence-electron chi connectivity index (χ4n) is 1.23. The minimum atomic E-state index is -4.13. The number of aryl methyl sites for hydroxylation is 1. The molecule has 0 amide bonds. The number of nitrogens with one attached hydrogen (secondary N) is 1. The van der Waals surface area contributed by atoms with E-state index in [0.717, 1.165) is 10.5 Å². The molecule has 1 aromatic carbocycles. The molecule has 2 N–H and O–H groups in total. The van der Waals surface area contributed by atoms with E-state index in [9.17, 15) is 9.46 Å². The summed E-state index contributed by atoms with van der Waals surface area (Å²) in [6.07, 6.45) is 1.97. The van der Waals surface area contributed by atoms with Gasteiger partial charge in [0.25, 0.3) is 0 Å². The Morgan fingerprint density at radius 1 is 1.44 bits per heavy atom. The second-order valence-electron chi connectivity index (χ2n) is 4.06. The standard InChI is InChI=1S/C11H18NO4PS/c1-8(2)12-16-17(13,14)15-10-5-6-11(18-4)9(3)7-10/h5-8,12H,1-4H3,(H,13,14). The molecule has 1 atom stereocenters. The molecule has 0 aliphatic heterocycles. The van der Waals surface area contributed by atoms with Crippen LogP contribution in [-0.2, 0) is 9.19 Å². The normalized spacial score (nSPS) is 14.6. The molecule has 7 heteroatoms. The van der Waals surface area contributed by atoms with Crippen LogP contribution in [0.2, 0.25) is 0 Å². The molecule has 1 unspecified atom stereocenters. The Balaban J connectivity index is 2.72. The lowest BCUT2D eigenvalue weighted by atomic mass is 10.2. The van der Waals surface area contributed by atoms with E-state index < -0.39 is 7.82 Å². The highest BCUT2D eigenvalue weighted by atomic mass is 32.2. The molecule has 102 valence electrons. The average molecular weight is 291 g/mol. The predicted octanol–water partition coefficient (Wildman–Crippen LogP) is 3.13. The summed E-state index contributed by atoms with van der Waals surface area (Å²) in [5, 5.41) is 0. The molecule has 1 aromatic rings. The zero-order chi connectivity index (χ0) is 13.8. The first-order valence-corrected chi connectivity index (χ1v) is 8.17. The number of hydroxylamine groups is 1. The first-order chi connectivity index (χ1) is 8.34. The lowest BCUT2D eigenvalue weighted by Crippen LogP contribution is -2.22. The Morgan fingerprint density at radius 2 is 2.11 bits per heavy atom. The second kappa shape index (κ2) is 6.59. The van der Waals surface area contributed by atoms with Crippen molar-refractivity contribution in [2.75, 3.05) is 6.26 Å². The summed E-state index contributed by atoms with van der Waals surface area (Å²) in [5.41, 5.74) is 3.38. The molecule has 0 saturated heterocycles. The van der Waals surface area contributed by atoms with Crippen LogP contribution >= 0.6 is 19.6 Å². The Morgan fingerprint density at radius 3 is 2.61 bits per heavy atom. The van der Waals surface area contributed by atoms with Gasteiger partial charge in [0.1, 0.15) is 5.75 Å². The van der Waals surface area contributed by atoms with Gasteiger partial charge in [0.05, 0.1) is 0 Å². The largest absolute Gasteiger partial charge is 0.544 e. The Bertz CT molecular complexity index is 453. The van der Waals surface area contributed by atoms with E-state index in [4.69, 9.17) is 4.52 Å². The second-order valence-corrected chi connectivity index (χ2v) is 6.21. The van der Waals surface area contributed by atoms with Crippen LogP contribution in [0.1, 0.15) is 19.4 Å². The molecule has 0 fully saturated rings. The number of phosphoric acid groups is 1. The SMILES string of the molecule is CSc1ccc(OP(=O)(O)ONC(C)C)cc1C. The third-order valence-corrected chi connectivity index (χ3v) is 3.67. The highest BCUT2D eigenvalue weighted by molar-refractivity contribution is 7.98. The fourth-order valence-corrected chi connectivity index (χ4v) is 2.58. The van der Waals surface area contributed by atoms with Gasteiger partial charge in [0.2, 0.25) is 0 Å². The summed E-state index contributed by atoms with van der Waals surface area (Å²) >= 11 is 1.61. The predicted molar refractivity (Wildman–Crippen MR) is 72.8 cm³/mol. The van der Waals surface area contributed by atoms with Gasteiger partial charge in [0.15, 0.2) is 0 Å². The Labute approximate surface area is 111 Å². The van der Waals surface area contributed by atoms with Gasteiger partial charge in [-0.1, -0.05) is 0 Å². The number of thioether (sulfide) groups is 1. The van der Waals surface area contributed by atoms with E-state index in [1.165, 1.54) is 0 Å². The highest BCUT2D eigenvalue weighted by Gasteiger charge is 2.24. The number of hydrogen-bond acceptors (Lipinski definition) is 5. The molecule has 0 heterocycles. The van der Waals surface area contributed by atoms with E-state index >= 15 is 0 Å². The van der Waals surface area contributed by atoms with Gasteiger partial charge in [-0.25, -0.2) is 4.57 Å². The van der Waals surface area contributed by atoms with Crippen molar-refractivity contribution in [3.05, 3.63) is 23.8 Å². The maximum atomic E-state index is 11.6. The number of hydrogen-bond donors (Lipinski definition) is 2. The first-order valence-electron chi connectivity index (χ1n) is 5.45. The van der Waals surface area contributed by atoms with Gasteiger partial charge < -0.3 is 4.52 Å². The maximum Gasteiger partial charge on any atom is 0.544 e. The smallest absolute Gasteiger partial charge is 0.403 e. The lowest BCUT2D eigenvalue weighted by molar-refractivity contribution is 0.112. The van der Waals surface area contributed by atoms with Crippen LogP contribution < -0.4 is 10.0 Å². The van der Waals surface area contributed by atoms with Crippen molar-refractivity contribution in [3.8, 4) is 5.75 Å². The number of rotatable bonds is 6. The Kier molecular flexibility index (Phi) is 5.69. The summed E-state index contributed by atoms with van der Waals surface area (Å²) in [5.74, 6) is 0.307. The van der Waals surface area contributed by atoms with Gasteiger partial charge in [-0.2, -0.15) is 10.1 Å². The van der Waals surface area contributed by atoms with Gasteiger partial charge in [0, 0.05) is 10.9 Å². The number of benzene rings is 1. The molecule has 0 radical (unpaired) electrons. The highest BCUT2D eigenvalue weighted by Crippen LogP contribution is 2.43. The fraction of sp³-hybridized carbons (Fsp3) is 0.455. The van der Waals surface area contributed by atoms with Crippen LogP contribution in [0.25, 0.3) is 0 Å². The molecule has 0 aliphatic carbocycles. The maximum absolute atomic E-state index is 11.6. The summed E-state index contributed by atoms with van der Waals surface area (Å²) in [4.78, 5) is 10.6. The van der Waals surface area contributed by atoms with Gasteiger partial charge >= 0.3 is 7.82 Å². The van der Waals surface area contributed by atoms with Crippen molar-refractivity contribution in [1.82, 2.24) is 5.48 Å². The van der Waals surface area contributed by atoms with Crippen molar-refractivity contribution < 1.29 is 18.6 Å². The van der Waals surface area contributed by atoms with E-state index in [1.54, 1.807) is 37.7 Å². The van der Waals surface area contributed by atoms with E-state index in [1.807, 2.05) is 19.2 Å². The van der Waals surface area contributed by atoms with Crippen LogP contribution in [0.5, 0.6) is 5.75 Å². The molecule has 0 aliphatic rings. The molecule has 1 rings (SSSR count). The molecule has 0 saturated carbocycles. The number of phosphoric ester groups is 1.